The van der Waals surface area contributed by atoms with Crippen molar-refractivity contribution >= 4 is 16.7 Å². The maximum absolute atomic E-state index is 6.31. The van der Waals surface area contributed by atoms with Gasteiger partial charge in [0.2, 0.25) is 0 Å². The number of nitrogens with two attached hydrogens (primary N) is 1. The number of hydrogen-bond acceptors (Lipinski definition) is 4. The number of rotatable bonds is 1. The van der Waals surface area contributed by atoms with Crippen molar-refractivity contribution in [3.8, 4) is 0 Å². The molecule has 4 nitrogen and oxygen atoms in total. The minimum absolute atomic E-state index is 0.367. The second kappa shape index (κ2) is 4.70. The van der Waals surface area contributed by atoms with Crippen molar-refractivity contribution in [3.63, 3.8) is 0 Å². The van der Waals surface area contributed by atoms with E-state index in [4.69, 9.17) is 5.73 Å². The molecule has 1 aliphatic carbocycles. The van der Waals surface area contributed by atoms with E-state index in [1.165, 1.54) is 19.3 Å². The summed E-state index contributed by atoms with van der Waals surface area (Å²) in [5.41, 5.74) is 7.34. The van der Waals surface area contributed by atoms with E-state index in [1.807, 2.05) is 6.07 Å². The zero-order valence-electron chi connectivity index (χ0n) is 11.6. The predicted molar refractivity (Wildman–Crippen MR) is 80.6 cm³/mol. The summed E-state index contributed by atoms with van der Waals surface area (Å²) in [7, 11) is 0. The Hall–Kier alpha value is -1.68. The molecule has 0 bridgehead atoms. The van der Waals surface area contributed by atoms with Gasteiger partial charge in [0, 0.05) is 24.5 Å². The number of hydrogen-bond donors (Lipinski definition) is 1. The minimum Gasteiger partial charge on any atom is -0.355 e. The number of anilines is 1. The van der Waals surface area contributed by atoms with Crippen LogP contribution in [0.15, 0.2) is 30.6 Å². The molecule has 3 unspecified atom stereocenters. The van der Waals surface area contributed by atoms with E-state index in [0.29, 0.717) is 12.0 Å². The van der Waals surface area contributed by atoms with Crippen LogP contribution in [-0.4, -0.2) is 29.1 Å². The molecule has 1 saturated carbocycles. The van der Waals surface area contributed by atoms with Crippen molar-refractivity contribution in [2.45, 2.75) is 25.3 Å². The molecule has 2 fully saturated rings. The molecule has 2 aromatic rings. The molecule has 0 amide bonds. The van der Waals surface area contributed by atoms with Gasteiger partial charge in [-0.1, -0.05) is 18.6 Å². The number of nitrogens with zero attached hydrogens (tertiary/aromatic N) is 3. The standard InChI is InChI=1S/C16H20N4/c17-14-6-3-4-11-8-20(9-13(11)14)16-12-5-1-2-7-15(12)18-10-19-16/h1-2,5,7,10-11,13-14H,3-4,6,8-9,17H2. The Labute approximate surface area is 119 Å². The second-order valence-corrected chi connectivity index (χ2v) is 6.14. The molecule has 1 saturated heterocycles. The van der Waals surface area contributed by atoms with Crippen LogP contribution < -0.4 is 10.6 Å². The van der Waals surface area contributed by atoms with Crippen LogP contribution in [0.4, 0.5) is 5.82 Å². The molecule has 1 aliphatic heterocycles. The molecule has 4 rings (SSSR count). The Bertz CT molecular complexity index is 621. The number of para-hydroxylation sites is 1. The van der Waals surface area contributed by atoms with E-state index in [1.54, 1.807) is 6.33 Å². The Morgan fingerprint density at radius 3 is 2.90 bits per heavy atom. The van der Waals surface area contributed by atoms with Gasteiger partial charge in [0.25, 0.3) is 0 Å². The maximum Gasteiger partial charge on any atom is 0.139 e. The lowest BCUT2D eigenvalue weighted by Crippen LogP contribution is -2.38. The summed E-state index contributed by atoms with van der Waals surface area (Å²) in [6.45, 7) is 2.15. The predicted octanol–water partition coefficient (Wildman–Crippen LogP) is 2.19. The van der Waals surface area contributed by atoms with Gasteiger partial charge in [0.1, 0.15) is 12.1 Å². The summed E-state index contributed by atoms with van der Waals surface area (Å²) in [5, 5.41) is 1.15. The zero-order chi connectivity index (χ0) is 13.5. The fourth-order valence-electron chi connectivity index (χ4n) is 3.93. The summed E-state index contributed by atoms with van der Waals surface area (Å²) in [6.07, 6.45) is 5.46. The Kier molecular flexibility index (Phi) is 2.84. The third-order valence-electron chi connectivity index (χ3n) is 4.98. The van der Waals surface area contributed by atoms with Crippen LogP contribution >= 0.6 is 0 Å². The summed E-state index contributed by atoms with van der Waals surface area (Å²) < 4.78 is 0. The first kappa shape index (κ1) is 12.1. The van der Waals surface area contributed by atoms with Gasteiger partial charge in [-0.05, 0) is 36.8 Å². The van der Waals surface area contributed by atoms with Gasteiger partial charge in [0.05, 0.1) is 5.52 Å². The van der Waals surface area contributed by atoms with E-state index in [2.05, 4.69) is 33.1 Å². The van der Waals surface area contributed by atoms with Crippen molar-refractivity contribution in [2.75, 3.05) is 18.0 Å². The molecule has 20 heavy (non-hydrogen) atoms. The molecule has 0 radical (unpaired) electrons. The van der Waals surface area contributed by atoms with Crippen molar-refractivity contribution in [1.82, 2.24) is 9.97 Å². The fraction of sp³-hybridized carbons (Fsp3) is 0.500. The minimum atomic E-state index is 0.367. The number of aromatic nitrogens is 2. The van der Waals surface area contributed by atoms with Crippen LogP contribution in [-0.2, 0) is 0 Å². The molecule has 1 aromatic carbocycles. The molecule has 2 aliphatic rings. The van der Waals surface area contributed by atoms with E-state index >= 15 is 0 Å². The highest BCUT2D eigenvalue weighted by Crippen LogP contribution is 2.38. The highest BCUT2D eigenvalue weighted by Gasteiger charge is 2.39. The normalized spacial score (nSPS) is 29.6. The first-order valence-electron chi connectivity index (χ1n) is 7.53. The molecular weight excluding hydrogens is 248 g/mol. The second-order valence-electron chi connectivity index (χ2n) is 6.14. The molecule has 4 heteroatoms. The first-order chi connectivity index (χ1) is 9.83. The quantitative estimate of drug-likeness (QED) is 0.861. The smallest absolute Gasteiger partial charge is 0.139 e. The summed E-state index contributed by atoms with van der Waals surface area (Å²) in [6, 6.07) is 8.62. The largest absolute Gasteiger partial charge is 0.355 e. The average molecular weight is 268 g/mol. The van der Waals surface area contributed by atoms with Crippen LogP contribution in [0.2, 0.25) is 0 Å². The Balaban J connectivity index is 1.70. The monoisotopic (exact) mass is 268 g/mol. The SMILES string of the molecule is NC1CCCC2CN(c3ncnc4ccccc34)CC12. The van der Waals surface area contributed by atoms with Crippen molar-refractivity contribution in [2.24, 2.45) is 17.6 Å². The van der Waals surface area contributed by atoms with Gasteiger partial charge >= 0.3 is 0 Å². The third kappa shape index (κ3) is 1.86. The fourth-order valence-corrected chi connectivity index (χ4v) is 3.93. The Morgan fingerprint density at radius 2 is 2.00 bits per heavy atom. The summed E-state index contributed by atoms with van der Waals surface area (Å²) >= 11 is 0. The van der Waals surface area contributed by atoms with E-state index in [0.717, 1.165) is 35.7 Å². The average Bonchev–Trinajstić information content (AvgIpc) is 2.92. The van der Waals surface area contributed by atoms with Crippen LogP contribution in [0, 0.1) is 11.8 Å². The van der Waals surface area contributed by atoms with Gasteiger partial charge in [-0.2, -0.15) is 0 Å². The van der Waals surface area contributed by atoms with Gasteiger partial charge < -0.3 is 10.6 Å². The number of benzene rings is 1. The Morgan fingerprint density at radius 1 is 1.10 bits per heavy atom. The van der Waals surface area contributed by atoms with Gasteiger partial charge in [-0.15, -0.1) is 0 Å². The van der Waals surface area contributed by atoms with Gasteiger partial charge in [-0.3, -0.25) is 0 Å². The van der Waals surface area contributed by atoms with Crippen molar-refractivity contribution in [1.29, 1.82) is 0 Å². The molecule has 2 heterocycles. The lowest BCUT2D eigenvalue weighted by atomic mass is 9.78. The highest BCUT2D eigenvalue weighted by molar-refractivity contribution is 5.89. The number of fused-ring (bicyclic) bond motifs is 2. The molecule has 0 spiro atoms. The maximum atomic E-state index is 6.31. The third-order valence-corrected chi connectivity index (χ3v) is 4.98. The lowest BCUT2D eigenvalue weighted by Gasteiger charge is -2.29. The molecule has 2 N–H and O–H groups in total. The first-order valence-corrected chi connectivity index (χ1v) is 7.53. The van der Waals surface area contributed by atoms with Gasteiger partial charge in [0.15, 0.2) is 0 Å². The van der Waals surface area contributed by atoms with E-state index < -0.39 is 0 Å². The highest BCUT2D eigenvalue weighted by atomic mass is 15.2. The van der Waals surface area contributed by atoms with Crippen LogP contribution in [0.1, 0.15) is 19.3 Å². The van der Waals surface area contributed by atoms with E-state index in [9.17, 15) is 0 Å². The van der Waals surface area contributed by atoms with Crippen molar-refractivity contribution < 1.29 is 0 Å². The summed E-state index contributed by atoms with van der Waals surface area (Å²) in [5.74, 6) is 2.46. The lowest BCUT2D eigenvalue weighted by molar-refractivity contribution is 0.260. The van der Waals surface area contributed by atoms with E-state index in [-0.39, 0.29) is 0 Å². The zero-order valence-corrected chi connectivity index (χ0v) is 11.6. The van der Waals surface area contributed by atoms with Crippen LogP contribution in [0.5, 0.6) is 0 Å². The van der Waals surface area contributed by atoms with Gasteiger partial charge in [-0.25, -0.2) is 9.97 Å². The molecule has 1 aromatic heterocycles. The topological polar surface area (TPSA) is 55.0 Å². The summed E-state index contributed by atoms with van der Waals surface area (Å²) in [4.78, 5) is 11.3. The molecular formula is C16H20N4. The van der Waals surface area contributed by atoms with Crippen LogP contribution in [0.3, 0.4) is 0 Å². The molecule has 104 valence electrons. The van der Waals surface area contributed by atoms with Crippen LogP contribution in [0.25, 0.3) is 10.9 Å². The molecule has 3 atom stereocenters. The van der Waals surface area contributed by atoms with Crippen molar-refractivity contribution in [3.05, 3.63) is 30.6 Å².